The minimum atomic E-state index is -0.939. The van der Waals surface area contributed by atoms with E-state index in [-0.39, 0.29) is 18.2 Å². The van der Waals surface area contributed by atoms with Crippen LogP contribution in [0.4, 0.5) is 0 Å². The van der Waals surface area contributed by atoms with Gasteiger partial charge >= 0.3 is 5.97 Å². The normalized spacial score (nSPS) is 13.0. The molecule has 5 nitrogen and oxygen atoms in total. The lowest BCUT2D eigenvalue weighted by molar-refractivity contribution is 0.0697. The first-order valence-corrected chi connectivity index (χ1v) is 7.34. The van der Waals surface area contributed by atoms with Crippen LogP contribution < -0.4 is 0 Å². The monoisotopic (exact) mass is 290 g/mol. The van der Waals surface area contributed by atoms with Crippen LogP contribution in [0.3, 0.4) is 0 Å². The van der Waals surface area contributed by atoms with Crippen LogP contribution >= 0.6 is 0 Å². The number of aliphatic hydroxyl groups excluding tert-OH is 1. The summed E-state index contributed by atoms with van der Waals surface area (Å²) >= 11 is 0. The minimum Gasteiger partial charge on any atom is -0.478 e. The van der Waals surface area contributed by atoms with Gasteiger partial charge in [-0.15, -0.1) is 0 Å². The molecular formula is C16H22N2O3. The highest BCUT2D eigenvalue weighted by molar-refractivity contribution is 5.92. The molecule has 5 heteroatoms. The molecule has 0 aliphatic rings. The Morgan fingerprint density at radius 1 is 1.38 bits per heavy atom. The number of rotatable bonds is 6. The van der Waals surface area contributed by atoms with Crippen molar-refractivity contribution in [1.29, 1.82) is 0 Å². The number of benzene rings is 1. The molecule has 1 aromatic carbocycles. The second-order valence-electron chi connectivity index (χ2n) is 5.58. The fraction of sp³-hybridized carbons (Fsp3) is 0.500. The van der Waals surface area contributed by atoms with Crippen molar-refractivity contribution in [3.8, 4) is 0 Å². The Morgan fingerprint density at radius 3 is 2.62 bits per heavy atom. The number of carbonyl (C=O) groups is 1. The maximum atomic E-state index is 11.2. The summed E-state index contributed by atoms with van der Waals surface area (Å²) in [7, 11) is 0. The molecule has 0 amide bonds. The third-order valence-electron chi connectivity index (χ3n) is 3.85. The molecule has 0 saturated heterocycles. The van der Waals surface area contributed by atoms with Crippen molar-refractivity contribution < 1.29 is 15.0 Å². The molecule has 0 bridgehead atoms. The quantitative estimate of drug-likeness (QED) is 0.857. The van der Waals surface area contributed by atoms with Gasteiger partial charge in [0.1, 0.15) is 5.82 Å². The minimum absolute atomic E-state index is 0.101. The molecule has 1 unspecified atom stereocenters. The molecule has 1 atom stereocenters. The van der Waals surface area contributed by atoms with Gasteiger partial charge in [-0.2, -0.15) is 0 Å². The first-order valence-electron chi connectivity index (χ1n) is 7.34. The van der Waals surface area contributed by atoms with E-state index in [0.717, 1.165) is 23.3 Å². The fourth-order valence-corrected chi connectivity index (χ4v) is 2.79. The van der Waals surface area contributed by atoms with Gasteiger partial charge in [0, 0.05) is 19.1 Å². The summed E-state index contributed by atoms with van der Waals surface area (Å²) in [6, 6.07) is 5.12. The molecule has 1 heterocycles. The topological polar surface area (TPSA) is 75.3 Å². The SMILES string of the molecule is CCc1nc2ccc(C(=O)O)cc2n1C(CCO)C(C)C. The van der Waals surface area contributed by atoms with E-state index < -0.39 is 5.97 Å². The summed E-state index contributed by atoms with van der Waals surface area (Å²) in [5.41, 5.74) is 1.90. The number of aromatic nitrogens is 2. The molecule has 2 rings (SSSR count). The van der Waals surface area contributed by atoms with Gasteiger partial charge < -0.3 is 14.8 Å². The zero-order valence-corrected chi connectivity index (χ0v) is 12.7. The Kier molecular flexibility index (Phi) is 4.63. The van der Waals surface area contributed by atoms with Crippen LogP contribution in [-0.4, -0.2) is 32.3 Å². The van der Waals surface area contributed by atoms with Gasteiger partial charge in [-0.05, 0) is 30.5 Å². The molecule has 21 heavy (non-hydrogen) atoms. The van der Waals surface area contributed by atoms with Gasteiger partial charge in [-0.3, -0.25) is 0 Å². The summed E-state index contributed by atoms with van der Waals surface area (Å²) in [6.45, 7) is 6.34. The van der Waals surface area contributed by atoms with Gasteiger partial charge in [0.2, 0.25) is 0 Å². The first-order chi connectivity index (χ1) is 9.99. The maximum absolute atomic E-state index is 11.2. The van der Waals surface area contributed by atoms with Gasteiger partial charge in [0.05, 0.1) is 16.6 Å². The maximum Gasteiger partial charge on any atom is 0.335 e. The van der Waals surface area contributed by atoms with Crippen molar-refractivity contribution in [2.24, 2.45) is 5.92 Å². The van der Waals surface area contributed by atoms with E-state index in [0.29, 0.717) is 12.3 Å². The number of aryl methyl sites for hydroxylation is 1. The van der Waals surface area contributed by atoms with Crippen molar-refractivity contribution in [1.82, 2.24) is 9.55 Å². The third-order valence-corrected chi connectivity index (χ3v) is 3.85. The molecule has 2 N–H and O–H groups in total. The summed E-state index contributed by atoms with van der Waals surface area (Å²) in [6.07, 6.45) is 1.40. The van der Waals surface area contributed by atoms with Gasteiger partial charge in [-0.25, -0.2) is 9.78 Å². The number of carboxylic acid groups (broad SMARTS) is 1. The Bertz CT molecular complexity index is 646. The van der Waals surface area contributed by atoms with Crippen LogP contribution in [-0.2, 0) is 6.42 Å². The first kappa shape index (κ1) is 15.5. The van der Waals surface area contributed by atoms with E-state index in [1.165, 1.54) is 0 Å². The average Bonchev–Trinajstić information content (AvgIpc) is 2.81. The van der Waals surface area contributed by atoms with Gasteiger partial charge in [-0.1, -0.05) is 20.8 Å². The van der Waals surface area contributed by atoms with E-state index >= 15 is 0 Å². The second kappa shape index (κ2) is 6.26. The van der Waals surface area contributed by atoms with Crippen molar-refractivity contribution in [3.05, 3.63) is 29.6 Å². The molecule has 0 fully saturated rings. The van der Waals surface area contributed by atoms with Crippen LogP contribution in [0.1, 0.15) is 49.4 Å². The van der Waals surface area contributed by atoms with Crippen molar-refractivity contribution >= 4 is 17.0 Å². The number of carboxylic acids is 1. The van der Waals surface area contributed by atoms with Crippen LogP contribution in [0.25, 0.3) is 11.0 Å². The van der Waals surface area contributed by atoms with Crippen molar-refractivity contribution in [3.63, 3.8) is 0 Å². The lowest BCUT2D eigenvalue weighted by Crippen LogP contribution is -2.19. The molecule has 0 spiro atoms. The summed E-state index contributed by atoms with van der Waals surface area (Å²) in [4.78, 5) is 15.8. The predicted octanol–water partition coefficient (Wildman–Crippen LogP) is 2.88. The molecule has 0 radical (unpaired) electrons. The van der Waals surface area contributed by atoms with Crippen LogP contribution in [0.15, 0.2) is 18.2 Å². The Labute approximate surface area is 124 Å². The number of aromatic carboxylic acids is 1. The Hall–Kier alpha value is -1.88. The summed E-state index contributed by atoms with van der Waals surface area (Å²) in [5.74, 6) is 0.318. The van der Waals surface area contributed by atoms with E-state index in [1.54, 1.807) is 18.2 Å². The largest absolute Gasteiger partial charge is 0.478 e. The highest BCUT2D eigenvalue weighted by atomic mass is 16.4. The predicted molar refractivity (Wildman–Crippen MR) is 81.6 cm³/mol. The van der Waals surface area contributed by atoms with Crippen molar-refractivity contribution in [2.75, 3.05) is 6.61 Å². The third kappa shape index (κ3) is 2.93. The van der Waals surface area contributed by atoms with E-state index in [4.69, 9.17) is 0 Å². The molecular weight excluding hydrogens is 268 g/mol. The molecule has 2 aromatic rings. The van der Waals surface area contributed by atoms with Crippen molar-refractivity contribution in [2.45, 2.75) is 39.7 Å². The Morgan fingerprint density at radius 2 is 2.10 bits per heavy atom. The second-order valence-corrected chi connectivity index (χ2v) is 5.58. The number of fused-ring (bicyclic) bond motifs is 1. The number of hydrogen-bond donors (Lipinski definition) is 2. The lowest BCUT2D eigenvalue weighted by atomic mass is 10.0. The standard InChI is InChI=1S/C16H22N2O3/c1-4-15-17-12-6-5-11(16(20)21)9-14(12)18(15)13(7-8-19)10(2)3/h5-6,9-10,13,19H,4,7-8H2,1-3H3,(H,20,21). The number of aliphatic hydroxyl groups is 1. The highest BCUT2D eigenvalue weighted by Gasteiger charge is 2.21. The van der Waals surface area contributed by atoms with Gasteiger partial charge in [0.15, 0.2) is 0 Å². The summed E-state index contributed by atoms with van der Waals surface area (Å²) in [5, 5.41) is 18.5. The Balaban J connectivity index is 2.67. The highest BCUT2D eigenvalue weighted by Crippen LogP contribution is 2.29. The molecule has 0 aliphatic heterocycles. The van der Waals surface area contributed by atoms with E-state index in [9.17, 15) is 15.0 Å². The number of imidazole rings is 1. The molecule has 0 saturated carbocycles. The van der Waals surface area contributed by atoms with Crippen LogP contribution in [0.2, 0.25) is 0 Å². The summed E-state index contributed by atoms with van der Waals surface area (Å²) < 4.78 is 2.10. The molecule has 1 aromatic heterocycles. The lowest BCUT2D eigenvalue weighted by Gasteiger charge is -2.24. The smallest absolute Gasteiger partial charge is 0.335 e. The number of nitrogens with zero attached hydrogens (tertiary/aromatic N) is 2. The van der Waals surface area contributed by atoms with Crippen LogP contribution in [0.5, 0.6) is 0 Å². The van der Waals surface area contributed by atoms with Crippen LogP contribution in [0, 0.1) is 5.92 Å². The molecule has 114 valence electrons. The van der Waals surface area contributed by atoms with Gasteiger partial charge in [0.25, 0.3) is 0 Å². The average molecular weight is 290 g/mol. The number of hydrogen-bond acceptors (Lipinski definition) is 3. The van der Waals surface area contributed by atoms with E-state index in [2.05, 4.69) is 23.4 Å². The fourth-order valence-electron chi connectivity index (χ4n) is 2.79. The van der Waals surface area contributed by atoms with E-state index in [1.807, 2.05) is 6.92 Å². The zero-order chi connectivity index (χ0) is 15.6. The zero-order valence-electron chi connectivity index (χ0n) is 12.7. The molecule has 0 aliphatic carbocycles.